The molecule has 2 aromatic rings. The molecule has 0 radical (unpaired) electrons. The highest BCUT2D eigenvalue weighted by atomic mass is 16.5. The highest BCUT2D eigenvalue weighted by Crippen LogP contribution is 2.32. The molecule has 2 atom stereocenters. The van der Waals surface area contributed by atoms with Crippen LogP contribution < -0.4 is 15.8 Å². The number of fused-ring (bicyclic) bond motifs is 1. The lowest BCUT2D eigenvalue weighted by atomic mass is 9.85. The van der Waals surface area contributed by atoms with Gasteiger partial charge in [-0.05, 0) is 48.4 Å². The number of aliphatic carboxylic acids is 1. The van der Waals surface area contributed by atoms with Crippen molar-refractivity contribution in [3.8, 4) is 5.88 Å². The van der Waals surface area contributed by atoms with Gasteiger partial charge in [0.15, 0.2) is 5.78 Å². The predicted octanol–water partition coefficient (Wildman–Crippen LogP) is 3.55. The minimum absolute atomic E-state index is 0.0863. The largest absolute Gasteiger partial charge is 0.481 e. The first-order chi connectivity index (χ1) is 15.0. The van der Waals surface area contributed by atoms with Crippen LogP contribution in [0.2, 0.25) is 0 Å². The van der Waals surface area contributed by atoms with Gasteiger partial charge < -0.3 is 20.9 Å². The Labute approximate surface area is 180 Å². The molecule has 4 N–H and O–H groups in total. The van der Waals surface area contributed by atoms with E-state index in [1.807, 2.05) is 12.1 Å². The molecule has 8 nitrogen and oxygen atoms in total. The van der Waals surface area contributed by atoms with Gasteiger partial charge in [-0.2, -0.15) is 0 Å². The number of carbonyl (C=O) groups excluding carboxylic acids is 1. The molecule has 162 valence electrons. The summed E-state index contributed by atoms with van der Waals surface area (Å²) >= 11 is 0. The van der Waals surface area contributed by atoms with Crippen molar-refractivity contribution in [2.24, 2.45) is 5.92 Å². The lowest BCUT2D eigenvalue weighted by Gasteiger charge is -2.23. The molecule has 0 fully saturated rings. The van der Waals surface area contributed by atoms with Gasteiger partial charge >= 0.3 is 5.97 Å². The summed E-state index contributed by atoms with van der Waals surface area (Å²) < 4.78 is 5.64. The van der Waals surface area contributed by atoms with E-state index in [1.165, 1.54) is 11.9 Å². The quantitative estimate of drug-likeness (QED) is 0.667. The van der Waals surface area contributed by atoms with E-state index in [0.717, 1.165) is 30.5 Å². The standard InChI is InChI=1S/C23H26N4O4/c24-22-21-19(28)12-18(9-10-31-23(21)26-13-25-22)27-17-7-5-16(6-8-17)15-3-1-14(2-4-15)11-20(29)30/h3,5-8,13-14,18,27H,1-2,4,9-12H2,(H,29,30)(H2,24,25,26). The molecule has 4 rings (SSSR count). The van der Waals surface area contributed by atoms with Crippen LogP contribution in [0.25, 0.3) is 5.57 Å². The number of hydrogen-bond donors (Lipinski definition) is 3. The summed E-state index contributed by atoms with van der Waals surface area (Å²) in [7, 11) is 0. The van der Waals surface area contributed by atoms with Crippen molar-refractivity contribution in [2.75, 3.05) is 17.7 Å². The normalized spacial score (nSPS) is 21.2. The van der Waals surface area contributed by atoms with Crippen LogP contribution in [0.4, 0.5) is 11.5 Å². The topological polar surface area (TPSA) is 127 Å². The number of Topliss-reactive ketones (excluding diaryl/α,β-unsaturated/α-hetero) is 1. The van der Waals surface area contributed by atoms with Crippen LogP contribution in [0.5, 0.6) is 5.88 Å². The Bertz CT molecular complexity index is 1000. The fourth-order valence-electron chi connectivity index (χ4n) is 4.20. The second kappa shape index (κ2) is 9.16. The second-order valence-electron chi connectivity index (χ2n) is 8.09. The van der Waals surface area contributed by atoms with Crippen LogP contribution in [0.3, 0.4) is 0 Å². The molecular formula is C23H26N4O4. The molecule has 1 aromatic heterocycles. The Morgan fingerprint density at radius 2 is 2.03 bits per heavy atom. The smallest absolute Gasteiger partial charge is 0.303 e. The van der Waals surface area contributed by atoms with Gasteiger partial charge in [-0.25, -0.2) is 9.97 Å². The minimum atomic E-state index is -0.728. The van der Waals surface area contributed by atoms with Gasteiger partial charge in [-0.1, -0.05) is 18.2 Å². The van der Waals surface area contributed by atoms with E-state index in [-0.39, 0.29) is 47.8 Å². The Morgan fingerprint density at radius 3 is 2.74 bits per heavy atom. The van der Waals surface area contributed by atoms with Crippen LogP contribution in [0, 0.1) is 5.92 Å². The Hall–Kier alpha value is -3.42. The van der Waals surface area contributed by atoms with Crippen molar-refractivity contribution in [1.82, 2.24) is 9.97 Å². The van der Waals surface area contributed by atoms with E-state index in [9.17, 15) is 9.59 Å². The number of ketones is 1. The average Bonchev–Trinajstić information content (AvgIpc) is 2.73. The molecule has 31 heavy (non-hydrogen) atoms. The maximum absolute atomic E-state index is 12.7. The first-order valence-electron chi connectivity index (χ1n) is 10.5. The Kier molecular flexibility index (Phi) is 6.16. The third-order valence-corrected chi connectivity index (χ3v) is 5.87. The number of ether oxygens (including phenoxy) is 1. The fourth-order valence-corrected chi connectivity index (χ4v) is 4.20. The van der Waals surface area contributed by atoms with Crippen molar-refractivity contribution in [2.45, 2.75) is 44.6 Å². The molecule has 0 amide bonds. The number of hydrogen-bond acceptors (Lipinski definition) is 7. The van der Waals surface area contributed by atoms with Crippen molar-refractivity contribution in [3.63, 3.8) is 0 Å². The SMILES string of the molecule is Nc1ncnc2c1C(=O)CC(Nc1ccc(C3=CCC(CC(=O)O)CC3)cc1)CCO2. The van der Waals surface area contributed by atoms with Crippen LogP contribution in [0.15, 0.2) is 36.7 Å². The third-order valence-electron chi connectivity index (χ3n) is 5.87. The van der Waals surface area contributed by atoms with Crippen LogP contribution in [-0.2, 0) is 4.79 Å². The number of carbonyl (C=O) groups is 2. The minimum Gasteiger partial charge on any atom is -0.481 e. The summed E-state index contributed by atoms with van der Waals surface area (Å²) in [5.74, 6) is -0.233. The van der Waals surface area contributed by atoms with Crippen LogP contribution in [-0.4, -0.2) is 39.5 Å². The molecule has 2 unspecified atom stereocenters. The molecule has 0 saturated carbocycles. The number of allylic oxidation sites excluding steroid dienone is 2. The van der Waals surface area contributed by atoms with E-state index >= 15 is 0 Å². The number of nitrogens with two attached hydrogens (primary N) is 1. The predicted molar refractivity (Wildman–Crippen MR) is 117 cm³/mol. The van der Waals surface area contributed by atoms with Gasteiger partial charge in [0.05, 0.1) is 6.61 Å². The molecule has 0 spiro atoms. The molecule has 8 heteroatoms. The number of aromatic nitrogens is 2. The number of carboxylic acid groups (broad SMARTS) is 1. The first kappa shape index (κ1) is 20.8. The number of nitrogen functional groups attached to an aromatic ring is 1. The number of nitrogens with zero attached hydrogens (tertiary/aromatic N) is 2. The van der Waals surface area contributed by atoms with E-state index in [1.54, 1.807) is 0 Å². The molecule has 2 aliphatic rings. The highest BCUT2D eigenvalue weighted by Gasteiger charge is 2.25. The van der Waals surface area contributed by atoms with Gasteiger partial charge in [0, 0.05) is 31.0 Å². The van der Waals surface area contributed by atoms with Gasteiger partial charge in [0.2, 0.25) is 5.88 Å². The maximum Gasteiger partial charge on any atom is 0.303 e. The van der Waals surface area contributed by atoms with Gasteiger partial charge in [0.1, 0.15) is 17.7 Å². The van der Waals surface area contributed by atoms with Gasteiger partial charge in [-0.15, -0.1) is 0 Å². The summed E-state index contributed by atoms with van der Waals surface area (Å²) in [4.78, 5) is 31.5. The number of nitrogens with one attached hydrogen (secondary N) is 1. The van der Waals surface area contributed by atoms with Crippen molar-refractivity contribution >= 4 is 28.8 Å². The van der Waals surface area contributed by atoms with E-state index in [0.29, 0.717) is 13.0 Å². The third kappa shape index (κ3) is 5.02. The number of rotatable bonds is 5. The van der Waals surface area contributed by atoms with Crippen LogP contribution >= 0.6 is 0 Å². The fraction of sp³-hybridized carbons (Fsp3) is 0.391. The lowest BCUT2D eigenvalue weighted by molar-refractivity contribution is -0.138. The number of carboxylic acids is 1. The number of benzene rings is 1. The lowest BCUT2D eigenvalue weighted by Crippen LogP contribution is -2.29. The van der Waals surface area contributed by atoms with E-state index in [4.69, 9.17) is 15.6 Å². The van der Waals surface area contributed by atoms with Crippen molar-refractivity contribution in [3.05, 3.63) is 47.8 Å². The molecule has 0 saturated heterocycles. The molecule has 1 aliphatic heterocycles. The summed E-state index contributed by atoms with van der Waals surface area (Å²) in [6.07, 6.45) is 7.24. The van der Waals surface area contributed by atoms with Gasteiger partial charge in [0.25, 0.3) is 0 Å². The van der Waals surface area contributed by atoms with Crippen molar-refractivity contribution in [1.29, 1.82) is 0 Å². The van der Waals surface area contributed by atoms with Gasteiger partial charge in [-0.3, -0.25) is 9.59 Å². The van der Waals surface area contributed by atoms with Crippen molar-refractivity contribution < 1.29 is 19.4 Å². The second-order valence-corrected chi connectivity index (χ2v) is 8.09. The summed E-state index contributed by atoms with van der Waals surface area (Å²) in [5, 5.41) is 12.4. The molecule has 1 aliphatic carbocycles. The zero-order valence-electron chi connectivity index (χ0n) is 17.2. The highest BCUT2D eigenvalue weighted by molar-refractivity contribution is 6.02. The molecule has 2 heterocycles. The Balaban J connectivity index is 1.39. The molecular weight excluding hydrogens is 396 g/mol. The zero-order chi connectivity index (χ0) is 21.8. The average molecular weight is 422 g/mol. The molecule has 0 bridgehead atoms. The van der Waals surface area contributed by atoms with Crippen LogP contribution in [0.1, 0.15) is 54.4 Å². The summed E-state index contributed by atoms with van der Waals surface area (Å²) in [6, 6.07) is 8.06. The van der Waals surface area contributed by atoms with E-state index in [2.05, 4.69) is 33.5 Å². The summed E-state index contributed by atoms with van der Waals surface area (Å²) in [5.41, 5.74) is 9.46. The molecule has 1 aromatic carbocycles. The zero-order valence-corrected chi connectivity index (χ0v) is 17.2. The van der Waals surface area contributed by atoms with E-state index < -0.39 is 5.97 Å². The monoisotopic (exact) mass is 422 g/mol. The first-order valence-corrected chi connectivity index (χ1v) is 10.5. The Morgan fingerprint density at radius 1 is 1.23 bits per heavy atom. The number of anilines is 2. The summed E-state index contributed by atoms with van der Waals surface area (Å²) in [6.45, 7) is 0.427. The maximum atomic E-state index is 12.7.